The number of carbonyl (C=O) groups excluding carboxylic acids is 1. The van der Waals surface area contributed by atoms with Crippen LogP contribution < -0.4 is 5.32 Å². The standard InChI is InChI=1S/C12H15ClN4O3/c1-7-4-9(17(6-7)12(19)20)11(18)16-5-8-10(13)15-3-2-14-8/h2-3,7,9H,4-6H2,1H3,(H,16,18)(H,19,20)/t7-,9-/m0/s1. The van der Waals surface area contributed by atoms with Crippen molar-refractivity contribution < 1.29 is 14.7 Å². The van der Waals surface area contributed by atoms with Gasteiger partial charge in [-0.2, -0.15) is 0 Å². The highest BCUT2D eigenvalue weighted by atomic mass is 35.5. The van der Waals surface area contributed by atoms with E-state index in [-0.39, 0.29) is 23.5 Å². The van der Waals surface area contributed by atoms with E-state index in [9.17, 15) is 9.59 Å². The first-order valence-corrected chi connectivity index (χ1v) is 6.59. The van der Waals surface area contributed by atoms with Gasteiger partial charge in [0.1, 0.15) is 6.04 Å². The molecule has 2 atom stereocenters. The maximum Gasteiger partial charge on any atom is 0.407 e. The fraction of sp³-hybridized carbons (Fsp3) is 0.500. The molecule has 8 heteroatoms. The highest BCUT2D eigenvalue weighted by Crippen LogP contribution is 2.23. The third-order valence-corrected chi connectivity index (χ3v) is 3.53. The minimum absolute atomic E-state index is 0.129. The molecule has 2 amide bonds. The molecule has 0 unspecified atom stereocenters. The lowest BCUT2D eigenvalue weighted by Gasteiger charge is -2.20. The molecule has 20 heavy (non-hydrogen) atoms. The van der Waals surface area contributed by atoms with Crippen molar-refractivity contribution in [3.05, 3.63) is 23.2 Å². The number of carbonyl (C=O) groups is 2. The Kier molecular flexibility index (Phi) is 4.39. The predicted octanol–water partition coefficient (Wildman–Crippen LogP) is 1.13. The largest absolute Gasteiger partial charge is 0.465 e. The van der Waals surface area contributed by atoms with E-state index in [0.717, 1.165) is 4.90 Å². The van der Waals surface area contributed by atoms with Crippen LogP contribution in [0.25, 0.3) is 0 Å². The van der Waals surface area contributed by atoms with Crippen molar-refractivity contribution in [1.29, 1.82) is 0 Å². The SMILES string of the molecule is C[C@H]1C[C@@H](C(=O)NCc2nccnc2Cl)N(C(=O)O)C1. The molecule has 0 aromatic carbocycles. The molecule has 2 N–H and O–H groups in total. The van der Waals surface area contributed by atoms with Gasteiger partial charge >= 0.3 is 6.09 Å². The summed E-state index contributed by atoms with van der Waals surface area (Å²) in [4.78, 5) is 32.2. The number of likely N-dealkylation sites (tertiary alicyclic amines) is 1. The van der Waals surface area contributed by atoms with Crippen LogP contribution in [0.4, 0.5) is 4.79 Å². The van der Waals surface area contributed by atoms with E-state index in [4.69, 9.17) is 16.7 Å². The van der Waals surface area contributed by atoms with E-state index >= 15 is 0 Å². The monoisotopic (exact) mass is 298 g/mol. The topological polar surface area (TPSA) is 95.4 Å². The molecular weight excluding hydrogens is 284 g/mol. The average Bonchev–Trinajstić information content (AvgIpc) is 2.80. The molecule has 0 bridgehead atoms. The van der Waals surface area contributed by atoms with Crippen LogP contribution in [0.2, 0.25) is 5.15 Å². The van der Waals surface area contributed by atoms with Gasteiger partial charge in [-0.1, -0.05) is 18.5 Å². The summed E-state index contributed by atoms with van der Waals surface area (Å²) in [7, 11) is 0. The number of halogens is 1. The van der Waals surface area contributed by atoms with E-state index in [0.29, 0.717) is 18.7 Å². The predicted molar refractivity (Wildman–Crippen MR) is 71.2 cm³/mol. The summed E-state index contributed by atoms with van der Waals surface area (Å²) in [5.74, 6) is -0.166. The Hall–Kier alpha value is -1.89. The maximum absolute atomic E-state index is 12.1. The van der Waals surface area contributed by atoms with E-state index < -0.39 is 12.1 Å². The van der Waals surface area contributed by atoms with Crippen molar-refractivity contribution in [3.63, 3.8) is 0 Å². The number of rotatable bonds is 3. The second kappa shape index (κ2) is 6.04. The molecule has 2 heterocycles. The minimum atomic E-state index is -1.08. The van der Waals surface area contributed by atoms with Gasteiger partial charge in [0.2, 0.25) is 5.91 Å². The molecule has 1 fully saturated rings. The average molecular weight is 299 g/mol. The fourth-order valence-electron chi connectivity index (χ4n) is 2.26. The van der Waals surface area contributed by atoms with Gasteiger partial charge in [0, 0.05) is 18.9 Å². The van der Waals surface area contributed by atoms with E-state index in [1.807, 2.05) is 6.92 Å². The molecule has 1 aliphatic heterocycles. The van der Waals surface area contributed by atoms with Crippen molar-refractivity contribution in [1.82, 2.24) is 20.2 Å². The molecule has 108 valence electrons. The van der Waals surface area contributed by atoms with Crippen LogP contribution in [0.3, 0.4) is 0 Å². The van der Waals surface area contributed by atoms with Gasteiger partial charge in [0.15, 0.2) is 5.15 Å². The van der Waals surface area contributed by atoms with Crippen LogP contribution in [-0.4, -0.2) is 44.6 Å². The number of nitrogens with zero attached hydrogens (tertiary/aromatic N) is 3. The fourth-order valence-corrected chi connectivity index (χ4v) is 2.43. The quantitative estimate of drug-likeness (QED) is 0.872. The van der Waals surface area contributed by atoms with Crippen LogP contribution in [0.15, 0.2) is 12.4 Å². The maximum atomic E-state index is 12.1. The zero-order chi connectivity index (χ0) is 14.7. The van der Waals surface area contributed by atoms with Crippen LogP contribution in [-0.2, 0) is 11.3 Å². The van der Waals surface area contributed by atoms with E-state index in [1.54, 1.807) is 0 Å². The molecule has 0 aliphatic carbocycles. The third kappa shape index (κ3) is 3.16. The van der Waals surface area contributed by atoms with Gasteiger partial charge in [-0.3, -0.25) is 14.7 Å². The van der Waals surface area contributed by atoms with Crippen molar-refractivity contribution in [2.24, 2.45) is 5.92 Å². The summed E-state index contributed by atoms with van der Waals surface area (Å²) >= 11 is 5.84. The van der Waals surface area contributed by atoms with Crippen LogP contribution in [0.1, 0.15) is 19.0 Å². The number of aromatic nitrogens is 2. The number of hydrogen-bond acceptors (Lipinski definition) is 4. The van der Waals surface area contributed by atoms with Crippen molar-refractivity contribution in [2.45, 2.75) is 25.9 Å². The second-order valence-electron chi connectivity index (χ2n) is 4.80. The Balaban J connectivity index is 1.98. The summed E-state index contributed by atoms with van der Waals surface area (Å²) in [6.07, 6.45) is 2.38. The molecule has 2 rings (SSSR count). The Labute approximate surface area is 121 Å². The Morgan fingerprint density at radius 1 is 1.50 bits per heavy atom. The zero-order valence-corrected chi connectivity index (χ0v) is 11.7. The van der Waals surface area contributed by atoms with Crippen LogP contribution in [0.5, 0.6) is 0 Å². The first kappa shape index (κ1) is 14.5. The van der Waals surface area contributed by atoms with Gasteiger partial charge in [0.25, 0.3) is 0 Å². The summed E-state index contributed by atoms with van der Waals surface area (Å²) in [6, 6.07) is -0.655. The van der Waals surface area contributed by atoms with Gasteiger partial charge in [-0.05, 0) is 12.3 Å². The van der Waals surface area contributed by atoms with Crippen molar-refractivity contribution in [2.75, 3.05) is 6.54 Å². The smallest absolute Gasteiger partial charge is 0.407 e. The highest BCUT2D eigenvalue weighted by molar-refractivity contribution is 6.29. The number of nitrogens with one attached hydrogen (secondary N) is 1. The lowest BCUT2D eigenvalue weighted by atomic mass is 10.1. The van der Waals surface area contributed by atoms with Crippen molar-refractivity contribution >= 4 is 23.6 Å². The molecule has 1 aromatic heterocycles. The molecule has 7 nitrogen and oxygen atoms in total. The van der Waals surface area contributed by atoms with Crippen LogP contribution in [0, 0.1) is 5.92 Å². The Bertz CT molecular complexity index is 525. The number of amides is 2. The van der Waals surface area contributed by atoms with E-state index in [1.165, 1.54) is 12.4 Å². The van der Waals surface area contributed by atoms with Gasteiger partial charge in [0.05, 0.1) is 12.2 Å². The number of hydrogen-bond donors (Lipinski definition) is 2. The summed E-state index contributed by atoms with van der Waals surface area (Å²) in [6.45, 7) is 2.42. The Morgan fingerprint density at radius 2 is 2.20 bits per heavy atom. The van der Waals surface area contributed by atoms with Gasteiger partial charge in [-0.15, -0.1) is 0 Å². The normalized spacial score (nSPS) is 21.8. The lowest BCUT2D eigenvalue weighted by molar-refractivity contribution is -0.125. The lowest BCUT2D eigenvalue weighted by Crippen LogP contribution is -2.45. The highest BCUT2D eigenvalue weighted by Gasteiger charge is 2.37. The van der Waals surface area contributed by atoms with Gasteiger partial charge < -0.3 is 10.4 Å². The first-order chi connectivity index (χ1) is 9.49. The third-order valence-electron chi connectivity index (χ3n) is 3.21. The summed E-state index contributed by atoms with van der Waals surface area (Å²) < 4.78 is 0. The van der Waals surface area contributed by atoms with Crippen LogP contribution >= 0.6 is 11.6 Å². The Morgan fingerprint density at radius 3 is 2.85 bits per heavy atom. The molecule has 0 spiro atoms. The minimum Gasteiger partial charge on any atom is -0.465 e. The van der Waals surface area contributed by atoms with E-state index in [2.05, 4.69) is 15.3 Å². The molecule has 1 saturated heterocycles. The second-order valence-corrected chi connectivity index (χ2v) is 5.16. The molecule has 0 radical (unpaired) electrons. The first-order valence-electron chi connectivity index (χ1n) is 6.21. The zero-order valence-electron chi connectivity index (χ0n) is 10.9. The number of carboxylic acid groups (broad SMARTS) is 1. The molecule has 0 saturated carbocycles. The summed E-state index contributed by atoms with van der Waals surface area (Å²) in [5.41, 5.74) is 0.454. The molecule has 1 aromatic rings. The van der Waals surface area contributed by atoms with Crippen molar-refractivity contribution in [3.8, 4) is 0 Å². The molecule has 1 aliphatic rings. The van der Waals surface area contributed by atoms with Gasteiger partial charge in [-0.25, -0.2) is 9.78 Å². The molecular formula is C12H15ClN4O3. The summed E-state index contributed by atoms with van der Waals surface area (Å²) in [5, 5.41) is 12.0.